The third-order valence-electron chi connectivity index (χ3n) is 3.34. The highest BCUT2D eigenvalue weighted by atomic mass is 35.5. The number of rotatable bonds is 4. The standard InChI is InChI=1S/C17H11Cl2FN2OS/c1-10-13(6-7-14(23)15-8-9-16(18)24-15)17(19)22(21-10)12-4-2-11(20)3-5-12/h2-9H,1H3/b7-6+. The Kier molecular flexibility index (Phi) is 4.85. The van der Waals surface area contributed by atoms with Crippen LogP contribution >= 0.6 is 34.5 Å². The Morgan fingerprint density at radius 2 is 1.92 bits per heavy atom. The van der Waals surface area contributed by atoms with Crippen LogP contribution in [0.4, 0.5) is 4.39 Å². The van der Waals surface area contributed by atoms with E-state index < -0.39 is 0 Å². The molecule has 2 heterocycles. The molecular formula is C17H11Cl2FN2OS. The molecule has 0 radical (unpaired) electrons. The molecule has 0 atom stereocenters. The molecule has 24 heavy (non-hydrogen) atoms. The van der Waals surface area contributed by atoms with E-state index in [9.17, 15) is 9.18 Å². The maximum atomic E-state index is 13.0. The van der Waals surface area contributed by atoms with Crippen molar-refractivity contribution in [2.45, 2.75) is 6.92 Å². The van der Waals surface area contributed by atoms with Crippen molar-refractivity contribution in [3.63, 3.8) is 0 Å². The molecule has 0 aliphatic carbocycles. The summed E-state index contributed by atoms with van der Waals surface area (Å²) in [5, 5.41) is 4.70. The van der Waals surface area contributed by atoms with E-state index in [-0.39, 0.29) is 11.6 Å². The molecule has 3 nitrogen and oxygen atoms in total. The lowest BCUT2D eigenvalue weighted by Crippen LogP contribution is -1.96. The van der Waals surface area contributed by atoms with Crippen molar-refractivity contribution < 1.29 is 9.18 Å². The molecule has 0 aliphatic rings. The monoisotopic (exact) mass is 380 g/mol. The van der Waals surface area contributed by atoms with Gasteiger partial charge in [-0.05, 0) is 55.5 Å². The molecule has 0 saturated heterocycles. The fraction of sp³-hybridized carbons (Fsp3) is 0.0588. The number of hydrogen-bond acceptors (Lipinski definition) is 3. The van der Waals surface area contributed by atoms with Gasteiger partial charge in [0.2, 0.25) is 0 Å². The number of halogens is 3. The Balaban J connectivity index is 1.90. The molecule has 0 bridgehead atoms. The summed E-state index contributed by atoms with van der Waals surface area (Å²) in [4.78, 5) is 12.7. The number of hydrogen-bond donors (Lipinski definition) is 0. The van der Waals surface area contributed by atoms with Gasteiger partial charge in [0.1, 0.15) is 11.0 Å². The van der Waals surface area contributed by atoms with Crippen LogP contribution in [0, 0.1) is 12.7 Å². The van der Waals surface area contributed by atoms with E-state index in [1.807, 2.05) is 0 Å². The van der Waals surface area contributed by atoms with Crippen LogP contribution in [0.3, 0.4) is 0 Å². The fourth-order valence-corrected chi connectivity index (χ4v) is 3.44. The number of benzene rings is 1. The molecule has 0 aliphatic heterocycles. The van der Waals surface area contributed by atoms with E-state index >= 15 is 0 Å². The van der Waals surface area contributed by atoms with Crippen molar-refractivity contribution in [3.8, 4) is 5.69 Å². The van der Waals surface area contributed by atoms with Gasteiger partial charge in [-0.3, -0.25) is 4.79 Å². The minimum atomic E-state index is -0.334. The van der Waals surface area contributed by atoms with E-state index in [0.717, 1.165) is 0 Å². The van der Waals surface area contributed by atoms with Crippen molar-refractivity contribution in [1.29, 1.82) is 0 Å². The summed E-state index contributed by atoms with van der Waals surface area (Å²) >= 11 is 13.4. The Morgan fingerprint density at radius 3 is 2.54 bits per heavy atom. The highest BCUT2D eigenvalue weighted by Crippen LogP contribution is 2.26. The predicted octanol–water partition coefficient (Wildman–Crippen LogP) is 5.58. The second-order valence-corrected chi connectivity index (χ2v) is 7.05. The van der Waals surface area contributed by atoms with Crippen LogP contribution in [0.15, 0.2) is 42.5 Å². The number of aromatic nitrogens is 2. The van der Waals surface area contributed by atoms with E-state index in [1.54, 1.807) is 37.3 Å². The summed E-state index contributed by atoms with van der Waals surface area (Å²) in [5.74, 6) is -0.490. The van der Waals surface area contributed by atoms with Gasteiger partial charge < -0.3 is 0 Å². The average Bonchev–Trinajstić information content (AvgIpc) is 3.10. The van der Waals surface area contributed by atoms with Gasteiger partial charge in [0.05, 0.1) is 20.6 Å². The normalized spacial score (nSPS) is 11.3. The van der Waals surface area contributed by atoms with Crippen LogP contribution in [0.5, 0.6) is 0 Å². The maximum Gasteiger partial charge on any atom is 0.195 e. The maximum absolute atomic E-state index is 13.0. The number of aryl methyl sites for hydroxylation is 1. The van der Waals surface area contributed by atoms with Crippen LogP contribution in [0.1, 0.15) is 20.9 Å². The minimum absolute atomic E-state index is 0.156. The molecule has 1 aromatic carbocycles. The van der Waals surface area contributed by atoms with Crippen molar-refractivity contribution in [3.05, 3.63) is 73.9 Å². The van der Waals surface area contributed by atoms with Crippen molar-refractivity contribution in [2.24, 2.45) is 0 Å². The Labute approximate surface area is 151 Å². The van der Waals surface area contributed by atoms with Gasteiger partial charge >= 0.3 is 0 Å². The number of carbonyl (C=O) groups is 1. The lowest BCUT2D eigenvalue weighted by molar-refractivity contribution is 0.105. The highest BCUT2D eigenvalue weighted by molar-refractivity contribution is 7.18. The first-order chi connectivity index (χ1) is 11.5. The third kappa shape index (κ3) is 3.43. The van der Waals surface area contributed by atoms with Gasteiger partial charge in [-0.1, -0.05) is 23.2 Å². The zero-order valence-corrected chi connectivity index (χ0v) is 14.8. The molecule has 0 N–H and O–H groups in total. The smallest absolute Gasteiger partial charge is 0.195 e. The molecule has 0 unspecified atom stereocenters. The number of allylic oxidation sites excluding steroid dienone is 1. The zero-order chi connectivity index (χ0) is 17.3. The predicted molar refractivity (Wildman–Crippen MR) is 96.0 cm³/mol. The van der Waals surface area contributed by atoms with Crippen LogP contribution < -0.4 is 0 Å². The van der Waals surface area contributed by atoms with Gasteiger partial charge in [-0.15, -0.1) is 11.3 Å². The van der Waals surface area contributed by atoms with Crippen LogP contribution in [0.2, 0.25) is 9.49 Å². The summed E-state index contributed by atoms with van der Waals surface area (Å²) in [6.45, 7) is 1.79. The molecule has 0 fully saturated rings. The van der Waals surface area contributed by atoms with Crippen molar-refractivity contribution >= 4 is 46.4 Å². The first-order valence-electron chi connectivity index (χ1n) is 6.94. The second-order valence-electron chi connectivity index (χ2n) is 4.98. The topological polar surface area (TPSA) is 34.9 Å². The molecule has 122 valence electrons. The molecule has 0 saturated carbocycles. The molecule has 3 aromatic rings. The third-order valence-corrected chi connectivity index (χ3v) is 4.95. The van der Waals surface area contributed by atoms with E-state index in [2.05, 4.69) is 5.10 Å². The lowest BCUT2D eigenvalue weighted by atomic mass is 10.2. The van der Waals surface area contributed by atoms with Crippen molar-refractivity contribution in [1.82, 2.24) is 9.78 Å². The van der Waals surface area contributed by atoms with Gasteiger partial charge in [0.15, 0.2) is 5.78 Å². The van der Waals surface area contributed by atoms with Gasteiger partial charge in [0, 0.05) is 5.56 Å². The molecular weight excluding hydrogens is 370 g/mol. The molecule has 3 rings (SSSR count). The molecule has 0 amide bonds. The summed E-state index contributed by atoms with van der Waals surface area (Å²) in [5.41, 5.74) is 1.94. The van der Waals surface area contributed by atoms with Crippen LogP contribution in [-0.2, 0) is 0 Å². The number of carbonyl (C=O) groups excluding carboxylic acids is 1. The fourth-order valence-electron chi connectivity index (χ4n) is 2.14. The van der Waals surface area contributed by atoms with Crippen LogP contribution in [-0.4, -0.2) is 15.6 Å². The van der Waals surface area contributed by atoms with Gasteiger partial charge in [-0.25, -0.2) is 9.07 Å². The van der Waals surface area contributed by atoms with Crippen LogP contribution in [0.25, 0.3) is 11.8 Å². The second kappa shape index (κ2) is 6.89. The Morgan fingerprint density at radius 1 is 1.21 bits per heavy atom. The summed E-state index contributed by atoms with van der Waals surface area (Å²) < 4.78 is 15.1. The molecule has 2 aromatic heterocycles. The largest absolute Gasteiger partial charge is 0.288 e. The Hall–Kier alpha value is -1.95. The first-order valence-corrected chi connectivity index (χ1v) is 8.52. The number of ketones is 1. The van der Waals surface area contributed by atoms with E-state index in [0.29, 0.717) is 31.3 Å². The average molecular weight is 381 g/mol. The Bertz CT molecular complexity index is 929. The quantitative estimate of drug-likeness (QED) is 0.437. The summed E-state index contributed by atoms with van der Waals surface area (Å²) in [7, 11) is 0. The van der Waals surface area contributed by atoms with Gasteiger partial charge in [0.25, 0.3) is 0 Å². The zero-order valence-electron chi connectivity index (χ0n) is 12.5. The van der Waals surface area contributed by atoms with Crippen molar-refractivity contribution in [2.75, 3.05) is 0 Å². The number of nitrogens with zero attached hydrogens (tertiary/aromatic N) is 2. The number of thiophene rings is 1. The van der Waals surface area contributed by atoms with E-state index in [4.69, 9.17) is 23.2 Å². The lowest BCUT2D eigenvalue weighted by Gasteiger charge is -2.02. The highest BCUT2D eigenvalue weighted by Gasteiger charge is 2.13. The minimum Gasteiger partial charge on any atom is -0.288 e. The van der Waals surface area contributed by atoms with E-state index in [1.165, 1.54) is 34.2 Å². The summed E-state index contributed by atoms with van der Waals surface area (Å²) in [6, 6.07) is 9.19. The van der Waals surface area contributed by atoms with Gasteiger partial charge in [-0.2, -0.15) is 5.10 Å². The summed E-state index contributed by atoms with van der Waals surface area (Å²) in [6.07, 6.45) is 3.06. The SMILES string of the molecule is Cc1nn(-c2ccc(F)cc2)c(Cl)c1/C=C/C(=O)c1ccc(Cl)s1. The first kappa shape index (κ1) is 16.9. The molecule has 0 spiro atoms. The molecule has 7 heteroatoms.